The summed E-state index contributed by atoms with van der Waals surface area (Å²) in [6, 6.07) is -0.477. The molecule has 40 heavy (non-hydrogen) atoms. The predicted octanol–water partition coefficient (Wildman–Crippen LogP) is 4.54. The van der Waals surface area contributed by atoms with E-state index in [4.69, 9.17) is 19.5 Å². The first-order valence-electron chi connectivity index (χ1n) is 13.9. The van der Waals surface area contributed by atoms with Gasteiger partial charge in [0.25, 0.3) is 0 Å². The third kappa shape index (κ3) is 10.6. The van der Waals surface area contributed by atoms with Crippen LogP contribution in [0.5, 0.6) is 0 Å². The average molecular weight is 575 g/mol. The lowest BCUT2D eigenvalue weighted by molar-refractivity contribution is -0.125. The summed E-state index contributed by atoms with van der Waals surface area (Å²) in [5.74, 6) is 3.92. The summed E-state index contributed by atoms with van der Waals surface area (Å²) in [4.78, 5) is 25.3. The van der Waals surface area contributed by atoms with E-state index in [-0.39, 0.29) is 18.0 Å². The largest absolute Gasteiger partial charge is 0.498 e. The highest BCUT2D eigenvalue weighted by Gasteiger charge is 2.34. The summed E-state index contributed by atoms with van der Waals surface area (Å²) in [5.41, 5.74) is 0.994. The van der Waals surface area contributed by atoms with Gasteiger partial charge in [0.05, 0.1) is 33.5 Å². The molecular formula is C30H50N6O3S. The number of methoxy groups -OCH3 is 2. The lowest BCUT2D eigenvalue weighted by Gasteiger charge is -2.42. The van der Waals surface area contributed by atoms with Crippen molar-refractivity contribution in [3.8, 4) is 0 Å². The van der Waals surface area contributed by atoms with E-state index in [0.29, 0.717) is 18.8 Å². The molecule has 1 unspecified atom stereocenters. The molecule has 0 saturated carbocycles. The zero-order valence-corrected chi connectivity index (χ0v) is 26.5. The van der Waals surface area contributed by atoms with Crippen LogP contribution in [0.15, 0.2) is 70.6 Å². The van der Waals surface area contributed by atoms with Crippen molar-refractivity contribution >= 4 is 29.5 Å². The second kappa shape index (κ2) is 19.3. The highest BCUT2D eigenvalue weighted by atomic mass is 32.2. The first-order valence-corrected chi connectivity index (χ1v) is 14.9. The van der Waals surface area contributed by atoms with Crippen molar-refractivity contribution in [1.29, 1.82) is 0 Å². The van der Waals surface area contributed by atoms with Crippen molar-refractivity contribution in [2.45, 2.75) is 53.8 Å². The van der Waals surface area contributed by atoms with Gasteiger partial charge in [-0.1, -0.05) is 63.9 Å². The fraction of sp³-hybridized carbons (Fsp3) is 0.567. The zero-order chi connectivity index (χ0) is 30.1. The minimum absolute atomic E-state index is 0.0395. The third-order valence-corrected chi connectivity index (χ3v) is 7.31. The Morgan fingerprint density at radius 1 is 1.23 bits per heavy atom. The maximum atomic E-state index is 13.4. The van der Waals surface area contributed by atoms with Gasteiger partial charge in [0.2, 0.25) is 5.91 Å². The standard InChI is InChI=1S/C26H40N6O3S.C2H6.C2H4/c1-7-8-10-20-15-27-22-16-31-12-13-32(36-14-9-11-21(35-6)19(4)34-5)17-23(31)29-26(33)24(18(2)3)30-25(20)28-22;2*1-2/h7-11,18,23-24H,12-17H2,1-6H3,(H,29,33)(H,27,28,30);1-2H3;1-2H2/b8-7-,11-9-,20-10+,21-19-;;/t23?,24-;;/m0../s1. The Labute approximate surface area is 246 Å². The van der Waals surface area contributed by atoms with Crippen LogP contribution in [0.2, 0.25) is 0 Å². The van der Waals surface area contributed by atoms with Crippen LogP contribution in [0, 0.1) is 5.92 Å². The number of nitrogens with one attached hydrogen (secondary N) is 2. The van der Waals surface area contributed by atoms with Gasteiger partial charge in [-0.05, 0) is 25.8 Å². The van der Waals surface area contributed by atoms with Crippen molar-refractivity contribution < 1.29 is 14.3 Å². The SMILES string of the molecule is C/C=C\C=C1/CN=C2CN3CCN(SC/C=C\C(OC)=C(/C)OC)CC3NC(=O)[C@H](C(C)C)N=C1N2.C=C.CC. The van der Waals surface area contributed by atoms with E-state index in [1.54, 1.807) is 26.2 Å². The van der Waals surface area contributed by atoms with Gasteiger partial charge in [-0.15, -0.1) is 13.2 Å². The molecule has 0 aromatic carbocycles. The number of nitrogens with zero attached hydrogens (tertiary/aromatic N) is 4. The Bertz CT molecular complexity index is 986. The molecule has 1 fully saturated rings. The lowest BCUT2D eigenvalue weighted by atomic mass is 10.0. The van der Waals surface area contributed by atoms with E-state index >= 15 is 0 Å². The summed E-state index contributed by atoms with van der Waals surface area (Å²) in [6.07, 6.45) is 9.86. The number of amidine groups is 2. The van der Waals surface area contributed by atoms with Crippen LogP contribution in [-0.2, 0) is 14.3 Å². The number of fused-ring (bicyclic) bond motifs is 3. The van der Waals surface area contributed by atoms with Gasteiger partial charge in [-0.25, -0.2) is 4.31 Å². The van der Waals surface area contributed by atoms with Gasteiger partial charge in [0, 0.05) is 31.0 Å². The van der Waals surface area contributed by atoms with Gasteiger partial charge in [-0.2, -0.15) is 0 Å². The normalized spacial score (nSPS) is 23.4. The number of ether oxygens (including phenoxy) is 2. The fourth-order valence-electron chi connectivity index (χ4n) is 4.12. The summed E-state index contributed by atoms with van der Waals surface area (Å²) in [5, 5.41) is 6.71. The van der Waals surface area contributed by atoms with Crippen LogP contribution in [-0.4, -0.2) is 91.7 Å². The number of carbonyl (C=O) groups is 1. The van der Waals surface area contributed by atoms with Crippen LogP contribution >= 0.6 is 11.9 Å². The van der Waals surface area contributed by atoms with E-state index in [0.717, 1.165) is 48.4 Å². The summed E-state index contributed by atoms with van der Waals surface area (Å²) in [7, 11) is 3.27. The van der Waals surface area contributed by atoms with Gasteiger partial charge >= 0.3 is 0 Å². The molecule has 0 spiro atoms. The number of hydrogen-bond acceptors (Lipinski definition) is 9. The number of hydrogen-bond donors (Lipinski definition) is 2. The monoisotopic (exact) mass is 574 g/mol. The Balaban J connectivity index is 0.00000191. The molecule has 3 aliphatic rings. The first-order chi connectivity index (χ1) is 19.4. The predicted molar refractivity (Wildman–Crippen MR) is 170 cm³/mol. The topological polar surface area (TPSA) is 90.8 Å². The molecule has 2 atom stereocenters. The van der Waals surface area contributed by atoms with Crippen molar-refractivity contribution in [1.82, 2.24) is 19.8 Å². The molecule has 0 aliphatic carbocycles. The van der Waals surface area contributed by atoms with Crippen molar-refractivity contribution in [2.24, 2.45) is 15.9 Å². The smallest absolute Gasteiger partial charge is 0.246 e. The number of piperazine rings is 1. The maximum Gasteiger partial charge on any atom is 0.246 e. The molecule has 3 aliphatic heterocycles. The molecule has 2 bridgehead atoms. The third-order valence-electron chi connectivity index (χ3n) is 6.28. The molecular weight excluding hydrogens is 524 g/mol. The van der Waals surface area contributed by atoms with Gasteiger partial charge < -0.3 is 20.1 Å². The lowest BCUT2D eigenvalue weighted by Crippen LogP contribution is -2.63. The second-order valence-electron chi connectivity index (χ2n) is 9.18. The van der Waals surface area contributed by atoms with Crippen molar-refractivity contribution in [2.75, 3.05) is 52.7 Å². The van der Waals surface area contributed by atoms with E-state index in [2.05, 4.69) is 39.1 Å². The molecule has 10 heteroatoms. The molecule has 1 amide bonds. The van der Waals surface area contributed by atoms with Crippen LogP contribution in [0.25, 0.3) is 0 Å². The molecule has 2 N–H and O–H groups in total. The molecule has 0 aromatic rings. The number of allylic oxidation sites excluding steroid dienone is 5. The average Bonchev–Trinajstić information content (AvgIpc) is 2.97. The van der Waals surface area contributed by atoms with Crippen molar-refractivity contribution in [3.63, 3.8) is 0 Å². The Morgan fingerprint density at radius 2 is 1.95 bits per heavy atom. The van der Waals surface area contributed by atoms with Crippen LogP contribution in [0.3, 0.4) is 0 Å². The molecule has 0 radical (unpaired) electrons. The number of aliphatic imine (C=N–C) groups is 2. The number of carbonyl (C=O) groups excluding carboxylic acids is 1. The van der Waals surface area contributed by atoms with Crippen molar-refractivity contribution in [3.05, 3.63) is 60.6 Å². The quantitative estimate of drug-likeness (QED) is 0.190. The second-order valence-corrected chi connectivity index (χ2v) is 10.3. The van der Waals surface area contributed by atoms with Gasteiger partial charge in [0.15, 0.2) is 5.76 Å². The number of amides is 1. The van der Waals surface area contributed by atoms with E-state index in [1.165, 1.54) is 0 Å². The minimum Gasteiger partial charge on any atom is -0.498 e. The molecule has 9 nitrogen and oxygen atoms in total. The summed E-state index contributed by atoms with van der Waals surface area (Å²) < 4.78 is 12.9. The van der Waals surface area contributed by atoms with Gasteiger partial charge in [0.1, 0.15) is 23.5 Å². The van der Waals surface area contributed by atoms with Crippen LogP contribution in [0.1, 0.15) is 41.5 Å². The Hall–Kier alpha value is -2.82. The van der Waals surface area contributed by atoms with Gasteiger partial charge in [-0.3, -0.25) is 19.7 Å². The zero-order valence-electron chi connectivity index (χ0n) is 25.7. The van der Waals surface area contributed by atoms with Crippen LogP contribution < -0.4 is 10.6 Å². The van der Waals surface area contributed by atoms with E-state index in [9.17, 15) is 4.79 Å². The van der Waals surface area contributed by atoms with E-state index in [1.807, 2.05) is 65.8 Å². The molecule has 224 valence electrons. The summed E-state index contributed by atoms with van der Waals surface area (Å²) in [6.45, 7) is 21.6. The number of rotatable bonds is 8. The molecule has 1 saturated heterocycles. The van der Waals surface area contributed by atoms with E-state index < -0.39 is 6.04 Å². The fourth-order valence-corrected chi connectivity index (χ4v) is 4.97. The Kier molecular flexibility index (Phi) is 17.0. The van der Waals surface area contributed by atoms with Crippen LogP contribution in [0.4, 0.5) is 0 Å². The highest BCUT2D eigenvalue weighted by Crippen LogP contribution is 2.20. The molecule has 0 aromatic heterocycles. The highest BCUT2D eigenvalue weighted by molar-refractivity contribution is 7.97. The molecule has 3 rings (SSSR count). The Morgan fingerprint density at radius 3 is 2.58 bits per heavy atom. The minimum atomic E-state index is -0.477. The molecule has 3 heterocycles. The first kappa shape index (κ1) is 35.2. The summed E-state index contributed by atoms with van der Waals surface area (Å²) >= 11 is 1.74. The maximum absolute atomic E-state index is 13.4.